The molecule has 1 N–H and O–H groups in total. The average Bonchev–Trinajstić information content (AvgIpc) is 2.34. The third-order valence-corrected chi connectivity index (χ3v) is 3.71. The van der Waals surface area contributed by atoms with Crippen LogP contribution in [-0.4, -0.2) is 28.2 Å². The van der Waals surface area contributed by atoms with Gasteiger partial charge in [0.05, 0.1) is 17.1 Å². The van der Waals surface area contributed by atoms with Gasteiger partial charge in [0.1, 0.15) is 0 Å². The molecule has 0 spiro atoms. The highest BCUT2D eigenvalue weighted by molar-refractivity contribution is 7.89. The second-order valence-corrected chi connectivity index (χ2v) is 5.38. The van der Waals surface area contributed by atoms with Crippen molar-refractivity contribution in [2.24, 2.45) is 0 Å². The molecule has 0 bridgehead atoms. The van der Waals surface area contributed by atoms with E-state index in [1.54, 1.807) is 6.92 Å². The highest BCUT2D eigenvalue weighted by Gasteiger charge is 2.30. The van der Waals surface area contributed by atoms with Crippen LogP contribution in [0.25, 0.3) is 0 Å². The van der Waals surface area contributed by atoms with Crippen LogP contribution in [0.3, 0.4) is 0 Å². The van der Waals surface area contributed by atoms with Crippen LogP contribution in [0.4, 0.5) is 13.2 Å². The number of hydrogen-bond acceptors (Lipinski definition) is 3. The zero-order chi connectivity index (χ0) is 14.5. The first kappa shape index (κ1) is 15.9. The third-order valence-electron chi connectivity index (χ3n) is 2.23. The highest BCUT2D eigenvalue weighted by Crippen LogP contribution is 2.29. The van der Waals surface area contributed by atoms with Crippen molar-refractivity contribution in [1.82, 2.24) is 4.72 Å². The lowest BCUT2D eigenvalue weighted by Gasteiger charge is -2.09. The smallest absolute Gasteiger partial charge is 0.380 e. The van der Waals surface area contributed by atoms with Crippen molar-refractivity contribution in [2.45, 2.75) is 18.0 Å². The predicted molar refractivity (Wildman–Crippen MR) is 63.1 cm³/mol. The summed E-state index contributed by atoms with van der Waals surface area (Å²) in [5.41, 5.74) is -0.888. The molecule has 0 atom stereocenters. The van der Waals surface area contributed by atoms with E-state index in [2.05, 4.69) is 4.72 Å². The average molecular weight is 297 g/mol. The molecule has 0 aliphatic carbocycles. The van der Waals surface area contributed by atoms with Gasteiger partial charge in [-0.1, -0.05) is 0 Å². The van der Waals surface area contributed by atoms with Gasteiger partial charge in [0.25, 0.3) is 0 Å². The Balaban J connectivity index is 2.74. The highest BCUT2D eigenvalue weighted by atomic mass is 32.2. The molecule has 0 heterocycles. The minimum atomic E-state index is -4.48. The molecule has 108 valence electrons. The predicted octanol–water partition coefficient (Wildman–Crippen LogP) is 2.02. The number of halogens is 3. The monoisotopic (exact) mass is 297 g/mol. The lowest BCUT2D eigenvalue weighted by atomic mass is 10.2. The van der Waals surface area contributed by atoms with Crippen molar-refractivity contribution in [1.29, 1.82) is 0 Å². The summed E-state index contributed by atoms with van der Waals surface area (Å²) < 4.78 is 67.6. The second-order valence-electron chi connectivity index (χ2n) is 3.62. The molecular weight excluding hydrogens is 283 g/mol. The van der Waals surface area contributed by atoms with Gasteiger partial charge in [0, 0.05) is 13.2 Å². The number of alkyl halides is 3. The molecule has 4 nitrogen and oxygen atoms in total. The van der Waals surface area contributed by atoms with Crippen LogP contribution < -0.4 is 4.72 Å². The SMILES string of the molecule is CCOCCNS(=O)(=O)c1ccc(C(F)(F)F)cc1. The largest absolute Gasteiger partial charge is 0.416 e. The maximum absolute atomic E-state index is 12.3. The number of rotatable bonds is 6. The van der Waals surface area contributed by atoms with Crippen LogP contribution in [0.2, 0.25) is 0 Å². The van der Waals surface area contributed by atoms with Crippen molar-refractivity contribution >= 4 is 10.0 Å². The molecule has 0 aliphatic rings. The topological polar surface area (TPSA) is 55.4 Å². The van der Waals surface area contributed by atoms with Crippen molar-refractivity contribution in [3.05, 3.63) is 29.8 Å². The Morgan fingerprint density at radius 1 is 1.21 bits per heavy atom. The number of benzene rings is 1. The van der Waals surface area contributed by atoms with Crippen molar-refractivity contribution < 1.29 is 26.3 Å². The Morgan fingerprint density at radius 2 is 1.79 bits per heavy atom. The molecular formula is C11H14F3NO3S. The first-order chi connectivity index (χ1) is 8.77. The molecule has 0 saturated carbocycles. The standard InChI is InChI=1S/C11H14F3NO3S/c1-2-18-8-7-15-19(16,17)10-5-3-9(4-6-10)11(12,13)14/h3-6,15H,2,7-8H2,1H3. The first-order valence-electron chi connectivity index (χ1n) is 5.52. The molecule has 0 saturated heterocycles. The minimum Gasteiger partial charge on any atom is -0.380 e. The molecule has 0 fully saturated rings. The Kier molecular flexibility index (Phi) is 5.33. The number of ether oxygens (including phenoxy) is 1. The molecule has 0 amide bonds. The maximum atomic E-state index is 12.3. The van der Waals surface area contributed by atoms with Gasteiger partial charge in [0.15, 0.2) is 0 Å². The maximum Gasteiger partial charge on any atom is 0.416 e. The van der Waals surface area contributed by atoms with Crippen LogP contribution in [-0.2, 0) is 20.9 Å². The van der Waals surface area contributed by atoms with Gasteiger partial charge in [-0.05, 0) is 31.2 Å². The van der Waals surface area contributed by atoms with E-state index in [0.717, 1.165) is 24.3 Å². The summed E-state index contributed by atoms with van der Waals surface area (Å²) in [7, 11) is -3.80. The van der Waals surface area contributed by atoms with Crippen molar-refractivity contribution in [3.8, 4) is 0 Å². The molecule has 0 unspecified atom stereocenters. The van der Waals surface area contributed by atoms with E-state index in [-0.39, 0.29) is 18.0 Å². The quantitative estimate of drug-likeness (QED) is 0.817. The van der Waals surface area contributed by atoms with E-state index in [1.807, 2.05) is 0 Å². The fourth-order valence-corrected chi connectivity index (χ4v) is 2.31. The second kappa shape index (κ2) is 6.36. The number of sulfonamides is 1. The van der Waals surface area contributed by atoms with E-state index < -0.39 is 21.8 Å². The molecule has 0 aliphatic heterocycles. The number of nitrogens with one attached hydrogen (secondary N) is 1. The summed E-state index contributed by atoms with van der Waals surface area (Å²) in [5.74, 6) is 0. The summed E-state index contributed by atoms with van der Waals surface area (Å²) in [5, 5.41) is 0. The Bertz CT molecular complexity index is 497. The molecule has 1 aromatic rings. The fourth-order valence-electron chi connectivity index (χ4n) is 1.30. The fraction of sp³-hybridized carbons (Fsp3) is 0.455. The Labute approximate surface area is 109 Å². The van der Waals surface area contributed by atoms with Gasteiger partial charge in [-0.25, -0.2) is 13.1 Å². The molecule has 1 aromatic carbocycles. The molecule has 0 radical (unpaired) electrons. The molecule has 1 rings (SSSR count). The third kappa shape index (κ3) is 4.81. The van der Waals surface area contributed by atoms with Crippen molar-refractivity contribution in [3.63, 3.8) is 0 Å². The van der Waals surface area contributed by atoms with Crippen LogP contribution in [0.1, 0.15) is 12.5 Å². The van der Waals surface area contributed by atoms with E-state index in [4.69, 9.17) is 4.74 Å². The van der Waals surface area contributed by atoms with Gasteiger partial charge in [0.2, 0.25) is 10.0 Å². The summed E-state index contributed by atoms with van der Waals surface area (Å²) in [6, 6.07) is 3.31. The molecule has 8 heteroatoms. The lowest BCUT2D eigenvalue weighted by molar-refractivity contribution is -0.137. The lowest BCUT2D eigenvalue weighted by Crippen LogP contribution is -2.27. The van der Waals surface area contributed by atoms with E-state index >= 15 is 0 Å². The van der Waals surface area contributed by atoms with E-state index in [0.29, 0.717) is 6.61 Å². The van der Waals surface area contributed by atoms with E-state index in [9.17, 15) is 21.6 Å². The zero-order valence-electron chi connectivity index (χ0n) is 10.2. The zero-order valence-corrected chi connectivity index (χ0v) is 11.0. The molecule has 19 heavy (non-hydrogen) atoms. The Morgan fingerprint density at radius 3 is 2.26 bits per heavy atom. The summed E-state index contributed by atoms with van der Waals surface area (Å²) in [6.45, 7) is 2.50. The minimum absolute atomic E-state index is 0.0667. The van der Waals surface area contributed by atoms with Gasteiger partial charge in [-0.15, -0.1) is 0 Å². The van der Waals surface area contributed by atoms with E-state index in [1.165, 1.54) is 0 Å². The Hall–Kier alpha value is -1.12. The van der Waals surface area contributed by atoms with Crippen molar-refractivity contribution in [2.75, 3.05) is 19.8 Å². The normalized spacial score (nSPS) is 12.6. The molecule has 0 aromatic heterocycles. The van der Waals surface area contributed by atoms with Gasteiger partial charge in [-0.3, -0.25) is 0 Å². The first-order valence-corrected chi connectivity index (χ1v) is 7.00. The van der Waals surface area contributed by atoms with Gasteiger partial charge in [-0.2, -0.15) is 13.2 Å². The van der Waals surface area contributed by atoms with Gasteiger partial charge < -0.3 is 4.74 Å². The van der Waals surface area contributed by atoms with Crippen LogP contribution in [0.15, 0.2) is 29.2 Å². The van der Waals surface area contributed by atoms with Crippen LogP contribution in [0.5, 0.6) is 0 Å². The van der Waals surface area contributed by atoms with Crippen LogP contribution in [0, 0.1) is 0 Å². The number of hydrogen-bond donors (Lipinski definition) is 1. The summed E-state index contributed by atoms with van der Waals surface area (Å²) in [4.78, 5) is -0.211. The summed E-state index contributed by atoms with van der Waals surface area (Å²) in [6.07, 6.45) is -4.48. The van der Waals surface area contributed by atoms with Crippen LogP contribution >= 0.6 is 0 Å². The van der Waals surface area contributed by atoms with Gasteiger partial charge >= 0.3 is 6.18 Å². The summed E-state index contributed by atoms with van der Waals surface area (Å²) >= 11 is 0.